The molecule has 5 nitrogen and oxygen atoms in total. The molecule has 5 heteroatoms. The molecule has 0 heterocycles. The average molecular weight is 445 g/mol. The minimum absolute atomic E-state index is 0.0361. The molecule has 1 aliphatic carbocycles. The van der Waals surface area contributed by atoms with E-state index in [0.29, 0.717) is 23.8 Å². The van der Waals surface area contributed by atoms with Gasteiger partial charge in [0.1, 0.15) is 11.5 Å². The Morgan fingerprint density at radius 1 is 0.970 bits per heavy atom. The number of carbonyl (C=O) groups is 1. The summed E-state index contributed by atoms with van der Waals surface area (Å²) in [5.74, 6) is 1.66. The van der Waals surface area contributed by atoms with Crippen LogP contribution in [0.25, 0.3) is 0 Å². The van der Waals surface area contributed by atoms with Gasteiger partial charge >= 0.3 is 5.97 Å². The SMILES string of the molecule is CCOC(=O)c1cccc(C(Nc2cc(Oc3ccccc3)ccc2N)C2CCCCC2)c1. The summed E-state index contributed by atoms with van der Waals surface area (Å²) in [5, 5.41) is 3.70. The minimum atomic E-state index is -0.292. The lowest BCUT2D eigenvalue weighted by Gasteiger charge is -2.32. The third-order valence-electron chi connectivity index (χ3n) is 6.19. The molecule has 0 radical (unpaired) electrons. The number of ether oxygens (including phenoxy) is 2. The van der Waals surface area contributed by atoms with Gasteiger partial charge in [-0.3, -0.25) is 0 Å². The van der Waals surface area contributed by atoms with Crippen LogP contribution in [-0.4, -0.2) is 12.6 Å². The zero-order valence-corrected chi connectivity index (χ0v) is 19.1. The van der Waals surface area contributed by atoms with Crippen LogP contribution < -0.4 is 15.8 Å². The number of hydrogen-bond donors (Lipinski definition) is 2. The van der Waals surface area contributed by atoms with Crippen LogP contribution in [0.1, 0.15) is 61.0 Å². The molecule has 4 rings (SSSR count). The highest BCUT2D eigenvalue weighted by atomic mass is 16.5. The minimum Gasteiger partial charge on any atom is -0.462 e. The maximum absolute atomic E-state index is 12.3. The quantitative estimate of drug-likeness (QED) is 0.290. The number of nitrogens with one attached hydrogen (secondary N) is 1. The van der Waals surface area contributed by atoms with Gasteiger partial charge in [-0.2, -0.15) is 0 Å². The lowest BCUT2D eigenvalue weighted by molar-refractivity contribution is 0.0526. The summed E-state index contributed by atoms with van der Waals surface area (Å²) in [6, 6.07) is 23.2. The number of benzene rings is 3. The van der Waals surface area contributed by atoms with Crippen molar-refractivity contribution < 1.29 is 14.3 Å². The first-order valence-corrected chi connectivity index (χ1v) is 11.8. The van der Waals surface area contributed by atoms with E-state index in [1.807, 2.05) is 73.7 Å². The highest BCUT2D eigenvalue weighted by Gasteiger charge is 2.26. The smallest absolute Gasteiger partial charge is 0.338 e. The fraction of sp³-hybridized carbons (Fsp3) is 0.321. The Balaban J connectivity index is 1.63. The summed E-state index contributed by atoms with van der Waals surface area (Å²) in [4.78, 5) is 12.3. The summed E-state index contributed by atoms with van der Waals surface area (Å²) in [7, 11) is 0. The summed E-state index contributed by atoms with van der Waals surface area (Å²) >= 11 is 0. The zero-order valence-electron chi connectivity index (χ0n) is 19.1. The lowest BCUT2D eigenvalue weighted by Crippen LogP contribution is -2.24. The van der Waals surface area contributed by atoms with E-state index in [0.717, 1.165) is 35.6 Å². The number of carbonyl (C=O) groups excluding carboxylic acids is 1. The molecule has 0 saturated heterocycles. The highest BCUT2D eigenvalue weighted by molar-refractivity contribution is 5.89. The van der Waals surface area contributed by atoms with Crippen molar-refractivity contribution in [2.24, 2.45) is 5.92 Å². The van der Waals surface area contributed by atoms with E-state index in [2.05, 4.69) is 11.4 Å². The number of rotatable bonds is 8. The van der Waals surface area contributed by atoms with Gasteiger partial charge in [-0.25, -0.2) is 4.79 Å². The number of anilines is 2. The van der Waals surface area contributed by atoms with Crippen molar-refractivity contribution >= 4 is 17.3 Å². The van der Waals surface area contributed by atoms with Crippen molar-refractivity contribution in [2.45, 2.75) is 45.1 Å². The molecule has 3 aromatic rings. The summed E-state index contributed by atoms with van der Waals surface area (Å²) in [6.45, 7) is 2.18. The Morgan fingerprint density at radius 3 is 2.52 bits per heavy atom. The normalized spacial score (nSPS) is 14.9. The number of hydrogen-bond acceptors (Lipinski definition) is 5. The number of nitrogens with two attached hydrogens (primary N) is 1. The molecule has 33 heavy (non-hydrogen) atoms. The Kier molecular flexibility index (Phi) is 7.51. The Bertz CT molecular complexity index is 1060. The van der Waals surface area contributed by atoms with Crippen LogP contribution in [-0.2, 0) is 4.74 Å². The first kappa shape index (κ1) is 22.7. The first-order chi connectivity index (χ1) is 16.1. The van der Waals surface area contributed by atoms with Gasteiger partial charge in [0.15, 0.2) is 0 Å². The van der Waals surface area contributed by atoms with E-state index >= 15 is 0 Å². The van der Waals surface area contributed by atoms with Crippen molar-refractivity contribution in [3.63, 3.8) is 0 Å². The zero-order chi connectivity index (χ0) is 23.0. The van der Waals surface area contributed by atoms with Crippen LogP contribution in [0.3, 0.4) is 0 Å². The molecule has 0 bridgehead atoms. The fourth-order valence-electron chi connectivity index (χ4n) is 4.53. The first-order valence-electron chi connectivity index (χ1n) is 11.8. The molecule has 1 atom stereocenters. The van der Waals surface area contributed by atoms with Gasteiger partial charge < -0.3 is 20.5 Å². The van der Waals surface area contributed by atoms with Gasteiger partial charge in [0.05, 0.1) is 29.6 Å². The molecule has 1 aliphatic rings. The average Bonchev–Trinajstić information content (AvgIpc) is 2.86. The molecule has 0 amide bonds. The van der Waals surface area contributed by atoms with Crippen LogP contribution in [0, 0.1) is 5.92 Å². The fourth-order valence-corrected chi connectivity index (χ4v) is 4.53. The van der Waals surface area contributed by atoms with Crippen LogP contribution in [0.15, 0.2) is 72.8 Å². The predicted molar refractivity (Wildman–Crippen MR) is 133 cm³/mol. The van der Waals surface area contributed by atoms with E-state index < -0.39 is 0 Å². The van der Waals surface area contributed by atoms with E-state index in [9.17, 15) is 4.79 Å². The van der Waals surface area contributed by atoms with Gasteiger partial charge in [0, 0.05) is 6.07 Å². The van der Waals surface area contributed by atoms with Gasteiger partial charge in [-0.15, -0.1) is 0 Å². The van der Waals surface area contributed by atoms with Gasteiger partial charge in [0.2, 0.25) is 0 Å². The van der Waals surface area contributed by atoms with Crippen LogP contribution in [0.5, 0.6) is 11.5 Å². The maximum atomic E-state index is 12.3. The van der Waals surface area contributed by atoms with E-state index in [4.69, 9.17) is 15.2 Å². The molecule has 3 aromatic carbocycles. The largest absolute Gasteiger partial charge is 0.462 e. The third-order valence-corrected chi connectivity index (χ3v) is 6.19. The predicted octanol–water partition coefficient (Wildman–Crippen LogP) is 6.97. The number of para-hydroxylation sites is 1. The maximum Gasteiger partial charge on any atom is 0.338 e. The van der Waals surface area contributed by atoms with Crippen molar-refractivity contribution in [3.05, 3.63) is 83.9 Å². The van der Waals surface area contributed by atoms with Crippen molar-refractivity contribution in [1.82, 2.24) is 0 Å². The lowest BCUT2D eigenvalue weighted by atomic mass is 9.80. The van der Waals surface area contributed by atoms with Crippen molar-refractivity contribution in [3.8, 4) is 11.5 Å². The second-order valence-electron chi connectivity index (χ2n) is 8.53. The van der Waals surface area contributed by atoms with Crippen LogP contribution in [0.4, 0.5) is 11.4 Å². The van der Waals surface area contributed by atoms with Gasteiger partial charge in [-0.05, 0) is 67.6 Å². The molecular formula is C28H32N2O3. The molecule has 0 spiro atoms. The molecule has 0 aliphatic heterocycles. The highest BCUT2D eigenvalue weighted by Crippen LogP contribution is 2.39. The van der Waals surface area contributed by atoms with E-state index in [-0.39, 0.29) is 12.0 Å². The second kappa shape index (κ2) is 10.9. The van der Waals surface area contributed by atoms with Crippen LogP contribution >= 0.6 is 0 Å². The topological polar surface area (TPSA) is 73.6 Å². The van der Waals surface area contributed by atoms with Gasteiger partial charge in [-0.1, -0.05) is 49.6 Å². The molecule has 1 fully saturated rings. The monoisotopic (exact) mass is 444 g/mol. The molecule has 3 N–H and O–H groups in total. The third kappa shape index (κ3) is 5.86. The van der Waals surface area contributed by atoms with E-state index in [1.54, 1.807) is 0 Å². The number of nitrogen functional groups attached to an aromatic ring is 1. The molecule has 1 saturated carbocycles. The van der Waals surface area contributed by atoms with Crippen molar-refractivity contribution in [1.29, 1.82) is 0 Å². The van der Waals surface area contributed by atoms with E-state index in [1.165, 1.54) is 19.3 Å². The van der Waals surface area contributed by atoms with Crippen molar-refractivity contribution in [2.75, 3.05) is 17.7 Å². The summed E-state index contributed by atoms with van der Waals surface area (Å²) in [6.07, 6.45) is 5.98. The Morgan fingerprint density at radius 2 is 1.76 bits per heavy atom. The second-order valence-corrected chi connectivity index (χ2v) is 8.53. The van der Waals surface area contributed by atoms with Gasteiger partial charge in [0.25, 0.3) is 0 Å². The molecule has 0 aromatic heterocycles. The molecule has 1 unspecified atom stereocenters. The molecular weight excluding hydrogens is 412 g/mol. The summed E-state index contributed by atoms with van der Waals surface area (Å²) in [5.41, 5.74) is 9.51. The Hall–Kier alpha value is -3.47. The molecule has 172 valence electrons. The summed E-state index contributed by atoms with van der Waals surface area (Å²) < 4.78 is 11.2. The number of esters is 1. The standard InChI is InChI=1S/C28H32N2O3/c1-2-32-28(31)22-13-9-12-21(18-22)27(20-10-5-3-6-11-20)30-26-19-24(16-17-25(26)29)33-23-14-7-4-8-15-23/h4,7-9,12-20,27,30H,2-3,5-6,10-11,29H2,1H3. The Labute approximate surface area is 195 Å². The van der Waals surface area contributed by atoms with Crippen LogP contribution in [0.2, 0.25) is 0 Å².